The molecule has 0 fully saturated rings. The summed E-state index contributed by atoms with van der Waals surface area (Å²) in [6, 6.07) is 6.82. The second kappa shape index (κ2) is 34.4. The lowest BCUT2D eigenvalue weighted by molar-refractivity contribution is -0.0276. The highest BCUT2D eigenvalue weighted by atomic mass is 127. The second-order valence-corrected chi connectivity index (χ2v) is 12.2. The van der Waals surface area contributed by atoms with Crippen LogP contribution in [0.2, 0.25) is 0 Å². The number of benzene rings is 1. The number of hydrogen-bond acceptors (Lipinski definition) is 13. The number of fused-ring (bicyclic) bond motifs is 1. The van der Waals surface area contributed by atoms with Crippen molar-refractivity contribution in [3.63, 3.8) is 0 Å². The molecule has 0 radical (unpaired) electrons. The Hall–Kier alpha value is -1.35. The summed E-state index contributed by atoms with van der Waals surface area (Å²) in [4.78, 5) is 25.8. The first-order valence-corrected chi connectivity index (χ1v) is 19.6. The first kappa shape index (κ1) is 45.8. The Balaban J connectivity index is 1.16. The van der Waals surface area contributed by atoms with Gasteiger partial charge >= 0.3 is 0 Å². The average Bonchev–Trinajstić information content (AvgIpc) is 3.39. The van der Waals surface area contributed by atoms with Gasteiger partial charge in [0.05, 0.1) is 156 Å². The fraction of sp³-hybridized carbons (Fsp3) is 0.778. The van der Waals surface area contributed by atoms with Crippen molar-refractivity contribution >= 4 is 34.4 Å². The van der Waals surface area contributed by atoms with Crippen LogP contribution in [-0.2, 0) is 52.1 Å². The molecule has 0 bridgehead atoms. The van der Waals surface area contributed by atoms with Gasteiger partial charge in [-0.05, 0) is 29.4 Å². The van der Waals surface area contributed by atoms with Crippen LogP contribution in [0.5, 0.6) is 0 Å². The summed E-state index contributed by atoms with van der Waals surface area (Å²) in [6.45, 7) is 11.3. The number of imide groups is 1. The average molecular weight is 842 g/mol. The van der Waals surface area contributed by atoms with Crippen LogP contribution < -0.4 is 0 Å². The van der Waals surface area contributed by atoms with Crippen molar-refractivity contribution in [1.29, 1.82) is 0 Å². The molecule has 0 aromatic heterocycles. The normalized spacial score (nSPS) is 12.8. The Bertz CT molecular complexity index is 942. The third-order valence-corrected chi connectivity index (χ3v) is 7.99. The summed E-state index contributed by atoms with van der Waals surface area (Å²) in [5.74, 6) is -0.553. The van der Waals surface area contributed by atoms with E-state index < -0.39 is 0 Å². The van der Waals surface area contributed by atoms with Gasteiger partial charge in [0.25, 0.3) is 11.8 Å². The molecule has 51 heavy (non-hydrogen) atoms. The summed E-state index contributed by atoms with van der Waals surface area (Å²) in [6.07, 6.45) is 4.96. The fourth-order valence-corrected chi connectivity index (χ4v) is 5.09. The second-order valence-electron chi connectivity index (χ2n) is 11.1. The van der Waals surface area contributed by atoms with Gasteiger partial charge in [0, 0.05) is 6.61 Å². The molecule has 294 valence electrons. The van der Waals surface area contributed by atoms with Crippen LogP contribution in [-0.4, -0.2) is 173 Å². The predicted molar refractivity (Wildman–Crippen MR) is 198 cm³/mol. The van der Waals surface area contributed by atoms with Gasteiger partial charge in [-0.2, -0.15) is 0 Å². The Morgan fingerprint density at radius 3 is 0.961 bits per heavy atom. The van der Waals surface area contributed by atoms with E-state index in [-0.39, 0.29) is 25.0 Å². The highest BCUT2D eigenvalue weighted by Crippen LogP contribution is 2.21. The molecule has 0 saturated carbocycles. The fourth-order valence-electron chi connectivity index (χ4n) is 4.55. The summed E-state index contributed by atoms with van der Waals surface area (Å²) in [5.41, 5.74) is 0.886. The predicted octanol–water partition coefficient (Wildman–Crippen LogP) is 3.46. The maximum absolute atomic E-state index is 12.3. The van der Waals surface area contributed by atoms with E-state index in [0.29, 0.717) is 143 Å². The lowest BCUT2D eigenvalue weighted by Gasteiger charge is -2.13. The van der Waals surface area contributed by atoms with Gasteiger partial charge in [0.15, 0.2) is 0 Å². The van der Waals surface area contributed by atoms with E-state index in [0.717, 1.165) is 13.0 Å². The van der Waals surface area contributed by atoms with E-state index in [1.54, 1.807) is 24.3 Å². The SMILES string of the molecule is O=C1c2ccccc2C(=O)N1CCOCCOCCOCCOCCOCCOCCOCCOCCOCCOCCOCCCCCCI. The number of carbonyl (C=O) groups is 2. The summed E-state index contributed by atoms with van der Waals surface area (Å²) in [7, 11) is 0. The largest absolute Gasteiger partial charge is 0.379 e. The Morgan fingerprint density at radius 2 is 0.647 bits per heavy atom. The van der Waals surface area contributed by atoms with Crippen molar-refractivity contribution in [2.45, 2.75) is 25.7 Å². The number of nitrogens with zero attached hydrogens (tertiary/aromatic N) is 1. The molecule has 1 aromatic carbocycles. The van der Waals surface area contributed by atoms with E-state index in [2.05, 4.69) is 22.6 Å². The van der Waals surface area contributed by atoms with Gasteiger partial charge in [0.2, 0.25) is 0 Å². The smallest absolute Gasteiger partial charge is 0.261 e. The van der Waals surface area contributed by atoms with E-state index in [4.69, 9.17) is 52.1 Å². The topological polar surface area (TPSA) is 139 Å². The molecule has 2 rings (SSSR count). The number of amides is 2. The summed E-state index contributed by atoms with van der Waals surface area (Å²) in [5, 5.41) is 0. The van der Waals surface area contributed by atoms with Gasteiger partial charge in [-0.15, -0.1) is 0 Å². The van der Waals surface area contributed by atoms with Crippen LogP contribution in [0.4, 0.5) is 0 Å². The molecule has 15 heteroatoms. The number of halogens is 1. The third kappa shape index (κ3) is 24.6. The van der Waals surface area contributed by atoms with Crippen LogP contribution >= 0.6 is 22.6 Å². The molecule has 0 atom stereocenters. The Labute approximate surface area is 317 Å². The molecule has 0 saturated heterocycles. The van der Waals surface area contributed by atoms with Crippen LogP contribution in [0, 0.1) is 0 Å². The van der Waals surface area contributed by atoms with Crippen LogP contribution in [0.15, 0.2) is 24.3 Å². The molecule has 1 heterocycles. The first-order valence-electron chi connectivity index (χ1n) is 18.1. The maximum Gasteiger partial charge on any atom is 0.261 e. The summed E-state index contributed by atoms with van der Waals surface area (Å²) >= 11 is 2.42. The van der Waals surface area contributed by atoms with E-state index >= 15 is 0 Å². The minimum absolute atomic E-state index is 0.215. The van der Waals surface area contributed by atoms with Gasteiger partial charge in [-0.1, -0.05) is 47.6 Å². The molecule has 1 aliphatic rings. The zero-order valence-corrected chi connectivity index (χ0v) is 32.4. The number of rotatable bonds is 39. The Morgan fingerprint density at radius 1 is 0.373 bits per heavy atom. The standard InChI is InChI=1S/C36H60INO13/c37-9-5-1-2-6-11-41-13-15-43-17-19-45-21-23-47-25-27-49-29-31-51-32-30-50-28-26-48-24-22-46-20-18-44-16-14-42-12-10-38-35(39)33-7-3-4-8-34(33)36(38)40/h3-4,7-8H,1-2,5-6,9-32H2. The van der Waals surface area contributed by atoms with Crippen molar-refractivity contribution in [3.05, 3.63) is 35.4 Å². The molecule has 1 aromatic rings. The molecule has 0 N–H and O–H groups in total. The minimum atomic E-state index is -0.276. The van der Waals surface area contributed by atoms with Crippen molar-refractivity contribution in [2.75, 3.05) is 156 Å². The van der Waals surface area contributed by atoms with Crippen LogP contribution in [0.3, 0.4) is 0 Å². The maximum atomic E-state index is 12.3. The van der Waals surface area contributed by atoms with Crippen LogP contribution in [0.25, 0.3) is 0 Å². The quantitative estimate of drug-likeness (QED) is 0.0415. The van der Waals surface area contributed by atoms with Crippen molar-refractivity contribution < 1.29 is 61.7 Å². The van der Waals surface area contributed by atoms with Crippen molar-refractivity contribution in [1.82, 2.24) is 4.90 Å². The lowest BCUT2D eigenvalue weighted by atomic mass is 10.1. The minimum Gasteiger partial charge on any atom is -0.379 e. The van der Waals surface area contributed by atoms with Crippen LogP contribution in [0.1, 0.15) is 46.4 Å². The van der Waals surface area contributed by atoms with Gasteiger partial charge < -0.3 is 52.1 Å². The van der Waals surface area contributed by atoms with E-state index in [1.165, 1.54) is 28.6 Å². The van der Waals surface area contributed by atoms with Crippen molar-refractivity contribution in [3.8, 4) is 0 Å². The van der Waals surface area contributed by atoms with E-state index in [1.807, 2.05) is 0 Å². The zero-order valence-electron chi connectivity index (χ0n) is 30.2. The highest BCUT2D eigenvalue weighted by molar-refractivity contribution is 14.1. The molecule has 1 aliphatic heterocycles. The van der Waals surface area contributed by atoms with Gasteiger partial charge in [-0.25, -0.2) is 0 Å². The molecular formula is C36H60INO13. The molecule has 0 spiro atoms. The van der Waals surface area contributed by atoms with Crippen molar-refractivity contribution in [2.24, 2.45) is 0 Å². The van der Waals surface area contributed by atoms with E-state index in [9.17, 15) is 9.59 Å². The first-order chi connectivity index (χ1) is 25.3. The summed E-state index contributed by atoms with van der Waals surface area (Å²) < 4.78 is 61.7. The van der Waals surface area contributed by atoms with Gasteiger partial charge in [0.1, 0.15) is 0 Å². The third-order valence-electron chi connectivity index (χ3n) is 7.23. The highest BCUT2D eigenvalue weighted by Gasteiger charge is 2.34. The monoisotopic (exact) mass is 841 g/mol. The zero-order chi connectivity index (χ0) is 36.3. The molecule has 0 unspecified atom stereocenters. The Kier molecular flexibility index (Phi) is 30.9. The number of ether oxygens (including phenoxy) is 11. The number of carbonyl (C=O) groups excluding carboxylic acids is 2. The number of hydrogen-bond donors (Lipinski definition) is 0. The molecule has 14 nitrogen and oxygen atoms in total. The molecule has 0 aliphatic carbocycles. The number of alkyl halides is 1. The molecular weight excluding hydrogens is 781 g/mol. The van der Waals surface area contributed by atoms with Gasteiger partial charge in [-0.3, -0.25) is 14.5 Å². The lowest BCUT2D eigenvalue weighted by Crippen LogP contribution is -2.33. The molecule has 2 amide bonds. The number of unbranched alkanes of at least 4 members (excludes halogenated alkanes) is 3.